The summed E-state index contributed by atoms with van der Waals surface area (Å²) in [6, 6.07) is 10.1. The molecule has 118 valence electrons. The predicted octanol–water partition coefficient (Wildman–Crippen LogP) is 2.02. The summed E-state index contributed by atoms with van der Waals surface area (Å²) < 4.78 is 0. The van der Waals surface area contributed by atoms with Crippen LogP contribution in [0.3, 0.4) is 0 Å². The molecule has 2 heterocycles. The lowest BCUT2D eigenvalue weighted by molar-refractivity contribution is -0.122. The van der Waals surface area contributed by atoms with Crippen LogP contribution in [0.1, 0.15) is 6.42 Å². The Hall–Kier alpha value is -2.60. The van der Waals surface area contributed by atoms with E-state index in [2.05, 4.69) is 10.3 Å². The summed E-state index contributed by atoms with van der Waals surface area (Å²) >= 11 is 5.94. The van der Waals surface area contributed by atoms with Crippen molar-refractivity contribution in [2.75, 3.05) is 16.8 Å². The van der Waals surface area contributed by atoms with E-state index in [1.165, 1.54) is 17.2 Å². The first-order chi connectivity index (χ1) is 11.0. The summed E-state index contributed by atoms with van der Waals surface area (Å²) in [5, 5.41) is 3.10. The normalized spacial score (nSPS) is 17.3. The van der Waals surface area contributed by atoms with Gasteiger partial charge in [-0.2, -0.15) is 0 Å². The second-order valence-electron chi connectivity index (χ2n) is 5.29. The Balaban J connectivity index is 1.73. The maximum Gasteiger partial charge on any atom is 0.271 e. The van der Waals surface area contributed by atoms with Crippen molar-refractivity contribution < 1.29 is 9.59 Å². The molecule has 2 amide bonds. The van der Waals surface area contributed by atoms with Gasteiger partial charge < -0.3 is 15.2 Å². The number of nitrogens with one attached hydrogen (secondary N) is 2. The monoisotopic (exact) mass is 331 g/mol. The minimum Gasteiger partial charge on any atom is -0.327 e. The standard InChI is InChI=1S/C16H14ClN3O3/c17-11-3-1-4-12(8-11)20-9-10(7-14(20)21)15(22)19-13-5-2-6-18-16(13)23/h1-6,8,10H,7,9H2,(H,18,23)(H,19,22). The van der Waals surface area contributed by atoms with Crippen LogP contribution in [-0.2, 0) is 9.59 Å². The summed E-state index contributed by atoms with van der Waals surface area (Å²) in [6.45, 7) is 0.260. The van der Waals surface area contributed by atoms with Gasteiger partial charge in [-0.25, -0.2) is 0 Å². The Morgan fingerprint density at radius 3 is 2.83 bits per heavy atom. The maximum absolute atomic E-state index is 12.3. The fourth-order valence-electron chi connectivity index (χ4n) is 2.53. The van der Waals surface area contributed by atoms with Crippen molar-refractivity contribution in [2.24, 2.45) is 5.92 Å². The highest BCUT2D eigenvalue weighted by Crippen LogP contribution is 2.27. The number of halogens is 1. The van der Waals surface area contributed by atoms with E-state index in [0.717, 1.165) is 0 Å². The van der Waals surface area contributed by atoms with Crippen LogP contribution in [0.2, 0.25) is 5.02 Å². The van der Waals surface area contributed by atoms with Crippen molar-refractivity contribution in [3.63, 3.8) is 0 Å². The zero-order chi connectivity index (χ0) is 16.4. The number of hydrogen-bond donors (Lipinski definition) is 2. The van der Waals surface area contributed by atoms with E-state index in [4.69, 9.17) is 11.6 Å². The van der Waals surface area contributed by atoms with Gasteiger partial charge in [0, 0.05) is 29.9 Å². The third-order valence-electron chi connectivity index (χ3n) is 3.69. The van der Waals surface area contributed by atoms with E-state index in [-0.39, 0.29) is 36.0 Å². The molecule has 1 aliphatic rings. The minimum atomic E-state index is -0.513. The lowest BCUT2D eigenvalue weighted by atomic mass is 10.1. The molecule has 0 spiro atoms. The lowest BCUT2D eigenvalue weighted by Crippen LogP contribution is -2.29. The predicted molar refractivity (Wildman–Crippen MR) is 87.6 cm³/mol. The van der Waals surface area contributed by atoms with Crippen LogP contribution < -0.4 is 15.8 Å². The molecule has 2 N–H and O–H groups in total. The third-order valence-corrected chi connectivity index (χ3v) is 3.93. The molecule has 1 aliphatic heterocycles. The van der Waals surface area contributed by atoms with Crippen molar-refractivity contribution in [3.05, 3.63) is 58.0 Å². The summed E-state index contributed by atoms with van der Waals surface area (Å²) in [4.78, 5) is 40.1. The van der Waals surface area contributed by atoms with E-state index in [1.807, 2.05) is 0 Å². The minimum absolute atomic E-state index is 0.100. The van der Waals surface area contributed by atoms with E-state index < -0.39 is 5.92 Å². The number of aromatic nitrogens is 1. The molecule has 6 nitrogen and oxygen atoms in total. The van der Waals surface area contributed by atoms with Gasteiger partial charge in [-0.1, -0.05) is 17.7 Å². The van der Waals surface area contributed by atoms with Crippen LogP contribution >= 0.6 is 11.6 Å². The zero-order valence-corrected chi connectivity index (χ0v) is 12.8. The zero-order valence-electron chi connectivity index (χ0n) is 12.1. The van der Waals surface area contributed by atoms with Crippen LogP contribution in [0.15, 0.2) is 47.4 Å². The van der Waals surface area contributed by atoms with Gasteiger partial charge in [0.15, 0.2) is 0 Å². The summed E-state index contributed by atoms with van der Waals surface area (Å²) in [5.74, 6) is -1.00. The molecule has 1 atom stereocenters. The fraction of sp³-hybridized carbons (Fsp3) is 0.188. The molecular weight excluding hydrogens is 318 g/mol. The van der Waals surface area contributed by atoms with Crippen LogP contribution in [0.25, 0.3) is 0 Å². The summed E-state index contributed by atoms with van der Waals surface area (Å²) in [5.41, 5.74) is 0.457. The number of rotatable bonds is 3. The first-order valence-corrected chi connectivity index (χ1v) is 7.47. The number of H-pyrrole nitrogens is 1. The lowest BCUT2D eigenvalue weighted by Gasteiger charge is -2.16. The molecule has 0 aliphatic carbocycles. The Kier molecular flexibility index (Phi) is 4.16. The van der Waals surface area contributed by atoms with Crippen molar-refractivity contribution in [2.45, 2.75) is 6.42 Å². The smallest absolute Gasteiger partial charge is 0.271 e. The van der Waals surface area contributed by atoms with Crippen molar-refractivity contribution in [1.82, 2.24) is 4.98 Å². The molecule has 23 heavy (non-hydrogen) atoms. The molecule has 0 saturated carbocycles. The number of amides is 2. The van der Waals surface area contributed by atoms with E-state index >= 15 is 0 Å². The molecule has 1 unspecified atom stereocenters. The molecule has 1 aromatic heterocycles. The van der Waals surface area contributed by atoms with E-state index in [0.29, 0.717) is 10.7 Å². The molecule has 0 radical (unpaired) electrons. The number of hydrogen-bond acceptors (Lipinski definition) is 3. The Morgan fingerprint density at radius 2 is 2.09 bits per heavy atom. The number of carbonyl (C=O) groups excluding carboxylic acids is 2. The molecule has 1 fully saturated rings. The topological polar surface area (TPSA) is 82.3 Å². The number of benzene rings is 1. The summed E-state index contributed by atoms with van der Waals surface area (Å²) in [7, 11) is 0. The largest absolute Gasteiger partial charge is 0.327 e. The number of pyridine rings is 1. The fourth-order valence-corrected chi connectivity index (χ4v) is 2.72. The van der Waals surface area contributed by atoms with Crippen molar-refractivity contribution >= 4 is 34.8 Å². The van der Waals surface area contributed by atoms with Gasteiger partial charge in [-0.05, 0) is 30.3 Å². The number of anilines is 2. The van der Waals surface area contributed by atoms with E-state index in [1.54, 1.807) is 30.3 Å². The Bertz CT molecular complexity index is 818. The van der Waals surface area contributed by atoms with E-state index in [9.17, 15) is 14.4 Å². The second kappa shape index (κ2) is 6.26. The third kappa shape index (κ3) is 3.27. The van der Waals surface area contributed by atoms with Crippen molar-refractivity contribution in [1.29, 1.82) is 0 Å². The second-order valence-corrected chi connectivity index (χ2v) is 5.72. The van der Waals surface area contributed by atoms with Crippen LogP contribution in [0.5, 0.6) is 0 Å². The highest BCUT2D eigenvalue weighted by molar-refractivity contribution is 6.31. The highest BCUT2D eigenvalue weighted by Gasteiger charge is 2.35. The quantitative estimate of drug-likeness (QED) is 0.902. The SMILES string of the molecule is O=C(Nc1ccc[nH]c1=O)C1CC(=O)N(c2cccc(Cl)c2)C1. The van der Waals surface area contributed by atoms with Gasteiger partial charge in [0.05, 0.1) is 5.92 Å². The molecule has 1 aromatic carbocycles. The first-order valence-electron chi connectivity index (χ1n) is 7.09. The molecule has 3 rings (SSSR count). The molecular formula is C16H14ClN3O3. The average Bonchev–Trinajstić information content (AvgIpc) is 2.92. The number of nitrogens with zero attached hydrogens (tertiary/aromatic N) is 1. The first kappa shape index (κ1) is 15.3. The molecule has 7 heteroatoms. The molecule has 0 bridgehead atoms. The highest BCUT2D eigenvalue weighted by atomic mass is 35.5. The van der Waals surface area contributed by atoms with Gasteiger partial charge in [-0.3, -0.25) is 14.4 Å². The van der Waals surface area contributed by atoms with Crippen LogP contribution in [-0.4, -0.2) is 23.3 Å². The van der Waals surface area contributed by atoms with Gasteiger partial charge in [0.1, 0.15) is 5.69 Å². The van der Waals surface area contributed by atoms with Crippen molar-refractivity contribution in [3.8, 4) is 0 Å². The average molecular weight is 332 g/mol. The van der Waals surface area contributed by atoms with Gasteiger partial charge in [-0.15, -0.1) is 0 Å². The summed E-state index contributed by atoms with van der Waals surface area (Å²) in [6.07, 6.45) is 1.58. The molecule has 1 saturated heterocycles. The van der Waals surface area contributed by atoms with Crippen LogP contribution in [0, 0.1) is 5.92 Å². The van der Waals surface area contributed by atoms with Gasteiger partial charge >= 0.3 is 0 Å². The molecule has 2 aromatic rings. The van der Waals surface area contributed by atoms with Gasteiger partial charge in [0.25, 0.3) is 5.56 Å². The Morgan fingerprint density at radius 1 is 1.26 bits per heavy atom. The van der Waals surface area contributed by atoms with Gasteiger partial charge in [0.2, 0.25) is 11.8 Å². The Labute approximate surface area is 137 Å². The van der Waals surface area contributed by atoms with Crippen LogP contribution in [0.4, 0.5) is 11.4 Å². The maximum atomic E-state index is 12.3. The number of aromatic amines is 1. The number of carbonyl (C=O) groups is 2.